The summed E-state index contributed by atoms with van der Waals surface area (Å²) in [6.45, 7) is 11.6. The minimum Gasteiger partial charge on any atom is -0.309 e. The van der Waals surface area contributed by atoms with Gasteiger partial charge in [0.25, 0.3) is 0 Å². The summed E-state index contributed by atoms with van der Waals surface area (Å²) in [6.07, 6.45) is 8.36. The Kier molecular flexibility index (Phi) is 9.84. The van der Waals surface area contributed by atoms with Gasteiger partial charge in [-0.2, -0.15) is 0 Å². The van der Waals surface area contributed by atoms with Gasteiger partial charge in [0, 0.05) is 27.5 Å². The van der Waals surface area contributed by atoms with Gasteiger partial charge >= 0.3 is 0 Å². The molecule has 0 spiro atoms. The fourth-order valence-electron chi connectivity index (χ4n) is 12.0. The SMILES string of the molecule is CC1(C)c2ccccc2-c2c1c1cc(-c3ccc(-c4ccc(CCC5=CC=C(c6ccccc6)C6CC56)cc4)cc3)ccc1n2-c1ccccc1.Cc1ccc2c(c1)C(C)(C)c1ccccc1-2. The normalized spacial score (nSPS) is 17.5. The van der Waals surface area contributed by atoms with Crippen LogP contribution in [-0.2, 0) is 17.3 Å². The lowest BCUT2D eigenvalue weighted by Crippen LogP contribution is -2.14. The van der Waals surface area contributed by atoms with Gasteiger partial charge < -0.3 is 4.57 Å². The molecule has 0 saturated heterocycles. The van der Waals surface area contributed by atoms with Crippen molar-refractivity contribution in [3.63, 3.8) is 0 Å². The lowest BCUT2D eigenvalue weighted by molar-refractivity contribution is 0.660. The van der Waals surface area contributed by atoms with Gasteiger partial charge in [0.05, 0.1) is 11.2 Å². The summed E-state index contributed by atoms with van der Waals surface area (Å²) in [6, 6.07) is 71.7. The van der Waals surface area contributed by atoms with Crippen molar-refractivity contribution in [2.24, 2.45) is 11.8 Å². The molecule has 8 aromatic carbocycles. The second-order valence-corrected chi connectivity index (χ2v) is 20.5. The minimum atomic E-state index is -0.0878. The van der Waals surface area contributed by atoms with Gasteiger partial charge in [0.2, 0.25) is 0 Å². The Morgan fingerprint density at radius 3 is 1.76 bits per heavy atom. The van der Waals surface area contributed by atoms with Crippen LogP contribution in [0.5, 0.6) is 0 Å². The zero-order chi connectivity index (χ0) is 45.4. The molecule has 1 aromatic heterocycles. The number of para-hydroxylation sites is 1. The number of aryl methyl sites for hydroxylation is 2. The second-order valence-electron chi connectivity index (χ2n) is 20.5. The van der Waals surface area contributed by atoms with Crippen molar-refractivity contribution >= 4 is 16.5 Å². The van der Waals surface area contributed by atoms with Crippen LogP contribution >= 0.6 is 0 Å². The molecule has 0 bridgehead atoms. The smallest absolute Gasteiger partial charge is 0.0584 e. The van der Waals surface area contributed by atoms with Crippen LogP contribution in [0.25, 0.3) is 66.8 Å². The van der Waals surface area contributed by atoms with E-state index in [1.165, 1.54) is 112 Å². The van der Waals surface area contributed by atoms with Crippen molar-refractivity contribution < 1.29 is 0 Å². The van der Waals surface area contributed by atoms with Crippen molar-refractivity contribution in [2.75, 3.05) is 0 Å². The number of aromatic nitrogens is 1. The number of allylic oxidation sites excluding steroid dienone is 4. The topological polar surface area (TPSA) is 4.93 Å². The molecule has 0 aliphatic heterocycles. The Labute approximate surface area is 396 Å². The van der Waals surface area contributed by atoms with Gasteiger partial charge in [-0.15, -0.1) is 0 Å². The molecule has 13 rings (SSSR count). The summed E-state index contributed by atoms with van der Waals surface area (Å²) in [5, 5.41) is 1.33. The molecular formula is C66H57N. The highest BCUT2D eigenvalue weighted by atomic mass is 15.0. The number of nitrogens with zero attached hydrogens (tertiary/aromatic N) is 1. The predicted octanol–water partition coefficient (Wildman–Crippen LogP) is 17.2. The molecule has 0 radical (unpaired) electrons. The molecule has 9 aromatic rings. The third-order valence-electron chi connectivity index (χ3n) is 15.7. The minimum absolute atomic E-state index is 0.0878. The molecule has 326 valence electrons. The third-order valence-corrected chi connectivity index (χ3v) is 15.7. The summed E-state index contributed by atoms with van der Waals surface area (Å²) in [7, 11) is 0. The lowest BCUT2D eigenvalue weighted by Gasteiger charge is -2.21. The van der Waals surface area contributed by atoms with Gasteiger partial charge in [0.15, 0.2) is 0 Å². The molecule has 2 unspecified atom stereocenters. The maximum Gasteiger partial charge on any atom is 0.0584 e. The van der Waals surface area contributed by atoms with E-state index in [2.05, 4.69) is 245 Å². The average molecular weight is 864 g/mol. The molecule has 0 amide bonds. The molecule has 0 N–H and O–H groups in total. The Balaban J connectivity index is 0.000000246. The summed E-state index contributed by atoms with van der Waals surface area (Å²) in [4.78, 5) is 0. The number of fused-ring (bicyclic) bond motifs is 9. The zero-order valence-corrected chi connectivity index (χ0v) is 39.4. The van der Waals surface area contributed by atoms with Gasteiger partial charge in [0.1, 0.15) is 0 Å². The lowest BCUT2D eigenvalue weighted by atomic mass is 9.81. The van der Waals surface area contributed by atoms with E-state index in [0.717, 1.165) is 24.7 Å². The average Bonchev–Trinajstić information content (AvgIpc) is 3.99. The first kappa shape index (κ1) is 41.2. The Morgan fingerprint density at radius 1 is 0.463 bits per heavy atom. The van der Waals surface area contributed by atoms with Crippen molar-refractivity contribution in [3.8, 4) is 50.3 Å². The standard InChI is InChI=1S/C50H41N.C16H16/c1-50(2)46-16-10-9-15-42(46)49-48(50)45-31-39(28-30-47(45)51(49)40-13-7-4-8-14-40)36-25-23-35(24-26-36)34-20-17-33(18-21-34)19-22-38-27-29-41(44-32-43(38)44)37-11-5-3-6-12-37;1-11-8-9-13-12-6-4-5-7-14(12)16(2,3)15(13)10-11/h3-18,20-21,23-31,43-44H,19,22,32H2,1-2H3;4-10H,1-3H3. The van der Waals surface area contributed by atoms with E-state index in [1.807, 2.05) is 0 Å². The summed E-state index contributed by atoms with van der Waals surface area (Å²) >= 11 is 0. The van der Waals surface area contributed by atoms with Crippen LogP contribution in [0.3, 0.4) is 0 Å². The zero-order valence-electron chi connectivity index (χ0n) is 39.4. The monoisotopic (exact) mass is 863 g/mol. The van der Waals surface area contributed by atoms with Crippen LogP contribution in [0.1, 0.15) is 79.5 Å². The molecule has 1 nitrogen and oxygen atoms in total. The molecule has 4 aliphatic rings. The maximum atomic E-state index is 2.47. The Hall–Kier alpha value is -7.22. The molecule has 67 heavy (non-hydrogen) atoms. The molecule has 2 atom stereocenters. The Morgan fingerprint density at radius 2 is 1.04 bits per heavy atom. The highest BCUT2D eigenvalue weighted by molar-refractivity contribution is 6.01. The van der Waals surface area contributed by atoms with E-state index >= 15 is 0 Å². The van der Waals surface area contributed by atoms with Crippen LogP contribution in [-0.4, -0.2) is 4.57 Å². The van der Waals surface area contributed by atoms with Crippen molar-refractivity contribution in [1.82, 2.24) is 4.57 Å². The second kappa shape index (κ2) is 16.0. The van der Waals surface area contributed by atoms with Crippen LogP contribution in [0.4, 0.5) is 0 Å². The first-order chi connectivity index (χ1) is 32.6. The fourth-order valence-corrected chi connectivity index (χ4v) is 12.0. The summed E-state index contributed by atoms with van der Waals surface area (Å²) in [5.74, 6) is 1.47. The molecule has 1 saturated carbocycles. The molecular weight excluding hydrogens is 807 g/mol. The van der Waals surface area contributed by atoms with Gasteiger partial charge in [-0.05, 0) is 135 Å². The largest absolute Gasteiger partial charge is 0.309 e. The first-order valence-corrected chi connectivity index (χ1v) is 24.4. The number of rotatable bonds is 7. The molecule has 1 fully saturated rings. The van der Waals surface area contributed by atoms with Crippen LogP contribution in [0.2, 0.25) is 0 Å². The van der Waals surface area contributed by atoms with E-state index < -0.39 is 0 Å². The summed E-state index contributed by atoms with van der Waals surface area (Å²) in [5.41, 5.74) is 26.1. The highest BCUT2D eigenvalue weighted by Crippen LogP contribution is 2.56. The molecule has 1 heteroatoms. The molecule has 4 aliphatic carbocycles. The van der Waals surface area contributed by atoms with E-state index in [-0.39, 0.29) is 10.8 Å². The third kappa shape index (κ3) is 6.98. The van der Waals surface area contributed by atoms with Gasteiger partial charge in [-0.25, -0.2) is 0 Å². The number of hydrogen-bond acceptors (Lipinski definition) is 0. The van der Waals surface area contributed by atoms with Crippen LogP contribution in [0, 0.1) is 18.8 Å². The summed E-state index contributed by atoms with van der Waals surface area (Å²) < 4.78 is 2.47. The first-order valence-electron chi connectivity index (χ1n) is 24.4. The van der Waals surface area contributed by atoms with Crippen molar-refractivity contribution in [3.05, 3.63) is 251 Å². The van der Waals surface area contributed by atoms with Crippen molar-refractivity contribution in [2.45, 2.75) is 64.7 Å². The Bertz CT molecular complexity index is 3410. The van der Waals surface area contributed by atoms with Crippen LogP contribution < -0.4 is 0 Å². The van der Waals surface area contributed by atoms with E-state index in [4.69, 9.17) is 0 Å². The highest BCUT2D eigenvalue weighted by Gasteiger charge is 2.44. The van der Waals surface area contributed by atoms with Crippen LogP contribution in [0.15, 0.2) is 212 Å². The predicted molar refractivity (Wildman–Crippen MR) is 283 cm³/mol. The van der Waals surface area contributed by atoms with Gasteiger partial charge in [-0.3, -0.25) is 0 Å². The van der Waals surface area contributed by atoms with Crippen molar-refractivity contribution in [1.29, 1.82) is 0 Å². The van der Waals surface area contributed by atoms with E-state index in [9.17, 15) is 0 Å². The fraction of sp³-hybridized carbons (Fsp3) is 0.182. The van der Waals surface area contributed by atoms with Gasteiger partial charge in [-0.1, -0.05) is 221 Å². The molecule has 1 heterocycles. The van der Waals surface area contributed by atoms with E-state index in [0.29, 0.717) is 0 Å². The number of hydrogen-bond donors (Lipinski definition) is 0. The number of benzene rings is 8. The maximum absolute atomic E-state index is 2.47. The quantitative estimate of drug-likeness (QED) is 0.150. The van der Waals surface area contributed by atoms with E-state index in [1.54, 1.807) is 5.57 Å².